The Morgan fingerprint density at radius 1 is 0.897 bits per heavy atom. The summed E-state index contributed by atoms with van der Waals surface area (Å²) in [6, 6.07) is 20.8. The molecule has 0 bridgehead atoms. The van der Waals surface area contributed by atoms with Crippen LogP contribution in [0.2, 0.25) is 0 Å². The van der Waals surface area contributed by atoms with Gasteiger partial charge in [0.1, 0.15) is 6.10 Å². The number of piperazine rings is 1. The fraction of sp³-hybridized carbons (Fsp3) is 0.480. The number of carbonyl (C=O) groups is 1. The predicted molar refractivity (Wildman–Crippen MR) is 118 cm³/mol. The first-order chi connectivity index (χ1) is 14.3. The first-order valence-corrected chi connectivity index (χ1v) is 11.0. The quantitative estimate of drug-likeness (QED) is 0.556. The van der Waals surface area contributed by atoms with Crippen LogP contribution in [-0.4, -0.2) is 55.0 Å². The topological polar surface area (TPSA) is 32.8 Å². The fourth-order valence-corrected chi connectivity index (χ4v) is 3.85. The summed E-state index contributed by atoms with van der Waals surface area (Å²) in [5.74, 6) is 0.322. The summed E-state index contributed by atoms with van der Waals surface area (Å²) >= 11 is 0. The molecular weight excluding hydrogens is 360 g/mol. The van der Waals surface area contributed by atoms with E-state index in [0.717, 1.165) is 52.0 Å². The molecule has 1 saturated heterocycles. The van der Waals surface area contributed by atoms with E-state index in [1.807, 2.05) is 17.0 Å². The van der Waals surface area contributed by atoms with E-state index in [0.29, 0.717) is 18.9 Å². The van der Waals surface area contributed by atoms with E-state index < -0.39 is 0 Å². The van der Waals surface area contributed by atoms with Crippen LogP contribution in [0, 0.1) is 0 Å². The molecule has 1 aliphatic rings. The molecule has 2 aromatic carbocycles. The Hall–Kier alpha value is -2.17. The first kappa shape index (κ1) is 21.5. The maximum atomic E-state index is 12.3. The summed E-state index contributed by atoms with van der Waals surface area (Å²) < 4.78 is 6.33. The van der Waals surface area contributed by atoms with Crippen LogP contribution in [0.4, 0.5) is 0 Å². The van der Waals surface area contributed by atoms with Crippen molar-refractivity contribution in [3.63, 3.8) is 0 Å². The molecule has 4 heteroatoms. The Morgan fingerprint density at radius 3 is 2.03 bits per heavy atom. The zero-order chi connectivity index (χ0) is 20.3. The van der Waals surface area contributed by atoms with Crippen molar-refractivity contribution in [2.75, 3.05) is 39.3 Å². The van der Waals surface area contributed by atoms with E-state index in [-0.39, 0.29) is 6.10 Å². The third-order valence-electron chi connectivity index (χ3n) is 5.62. The highest BCUT2D eigenvalue weighted by atomic mass is 16.5. The minimum absolute atomic E-state index is 0.0427. The largest absolute Gasteiger partial charge is 0.367 e. The number of ether oxygens (including phenoxy) is 1. The molecule has 2 aromatic rings. The lowest BCUT2D eigenvalue weighted by Gasteiger charge is -2.35. The fourth-order valence-electron chi connectivity index (χ4n) is 3.85. The van der Waals surface area contributed by atoms with E-state index in [4.69, 9.17) is 4.74 Å². The van der Waals surface area contributed by atoms with Crippen molar-refractivity contribution in [1.29, 1.82) is 0 Å². The van der Waals surface area contributed by atoms with E-state index in [1.54, 1.807) is 0 Å². The number of hydrogen-bond donors (Lipinski definition) is 0. The normalized spacial score (nSPS) is 15.0. The zero-order valence-electron chi connectivity index (χ0n) is 17.6. The average molecular weight is 395 g/mol. The van der Waals surface area contributed by atoms with Gasteiger partial charge >= 0.3 is 0 Å². The predicted octanol–water partition coefficient (Wildman–Crippen LogP) is 4.52. The second-order valence-electron chi connectivity index (χ2n) is 7.75. The van der Waals surface area contributed by atoms with Crippen LogP contribution < -0.4 is 0 Å². The van der Waals surface area contributed by atoms with Crippen molar-refractivity contribution in [3.8, 4) is 0 Å². The van der Waals surface area contributed by atoms with Gasteiger partial charge in [0.05, 0.1) is 6.61 Å². The third kappa shape index (κ3) is 6.69. The maximum Gasteiger partial charge on any atom is 0.222 e. The molecule has 0 spiro atoms. The SMILES string of the molecule is CCCCCC(=O)N1CCN(CCOC(c2ccccc2)c2ccccc2)CC1. The number of rotatable bonds is 10. The zero-order valence-corrected chi connectivity index (χ0v) is 17.6. The van der Waals surface area contributed by atoms with Gasteiger partial charge in [-0.25, -0.2) is 0 Å². The van der Waals surface area contributed by atoms with Crippen molar-refractivity contribution in [2.45, 2.75) is 38.7 Å². The van der Waals surface area contributed by atoms with Crippen LogP contribution in [0.5, 0.6) is 0 Å². The van der Waals surface area contributed by atoms with E-state index in [1.165, 1.54) is 11.1 Å². The Bertz CT molecular complexity index is 673. The second kappa shape index (κ2) is 11.7. The minimum atomic E-state index is -0.0427. The highest BCUT2D eigenvalue weighted by Gasteiger charge is 2.21. The lowest BCUT2D eigenvalue weighted by Crippen LogP contribution is -2.49. The van der Waals surface area contributed by atoms with Gasteiger partial charge in [-0.15, -0.1) is 0 Å². The van der Waals surface area contributed by atoms with Gasteiger partial charge in [-0.05, 0) is 17.5 Å². The molecule has 0 saturated carbocycles. The van der Waals surface area contributed by atoms with Gasteiger partial charge in [-0.2, -0.15) is 0 Å². The highest BCUT2D eigenvalue weighted by Crippen LogP contribution is 2.25. The van der Waals surface area contributed by atoms with Gasteiger partial charge < -0.3 is 9.64 Å². The molecule has 0 unspecified atom stereocenters. The third-order valence-corrected chi connectivity index (χ3v) is 5.62. The van der Waals surface area contributed by atoms with Crippen molar-refractivity contribution in [2.24, 2.45) is 0 Å². The van der Waals surface area contributed by atoms with Gasteiger partial charge in [0.25, 0.3) is 0 Å². The van der Waals surface area contributed by atoms with Crippen LogP contribution in [-0.2, 0) is 9.53 Å². The van der Waals surface area contributed by atoms with Gasteiger partial charge in [-0.3, -0.25) is 9.69 Å². The molecule has 4 nitrogen and oxygen atoms in total. The molecule has 0 N–H and O–H groups in total. The molecular formula is C25H34N2O2. The lowest BCUT2D eigenvalue weighted by molar-refractivity contribution is -0.133. The Kier molecular flexibility index (Phi) is 8.72. The first-order valence-electron chi connectivity index (χ1n) is 11.0. The number of unbranched alkanes of at least 4 members (excludes halogenated alkanes) is 2. The Balaban J connectivity index is 1.46. The van der Waals surface area contributed by atoms with Crippen LogP contribution in [0.25, 0.3) is 0 Å². The van der Waals surface area contributed by atoms with E-state index in [9.17, 15) is 4.79 Å². The Morgan fingerprint density at radius 2 is 1.48 bits per heavy atom. The highest BCUT2D eigenvalue weighted by molar-refractivity contribution is 5.76. The van der Waals surface area contributed by atoms with Crippen LogP contribution >= 0.6 is 0 Å². The van der Waals surface area contributed by atoms with Crippen LogP contribution in [0.15, 0.2) is 60.7 Å². The monoisotopic (exact) mass is 394 g/mol. The molecule has 1 heterocycles. The van der Waals surface area contributed by atoms with Crippen molar-refractivity contribution < 1.29 is 9.53 Å². The summed E-state index contributed by atoms with van der Waals surface area (Å²) in [5, 5.41) is 0. The Labute approximate surface area is 175 Å². The van der Waals surface area contributed by atoms with E-state index >= 15 is 0 Å². The molecule has 29 heavy (non-hydrogen) atoms. The second-order valence-corrected chi connectivity index (χ2v) is 7.75. The average Bonchev–Trinajstić information content (AvgIpc) is 2.78. The molecule has 0 aromatic heterocycles. The molecule has 1 fully saturated rings. The minimum Gasteiger partial charge on any atom is -0.367 e. The summed E-state index contributed by atoms with van der Waals surface area (Å²) in [6.07, 6.45) is 3.98. The van der Waals surface area contributed by atoms with Gasteiger partial charge in [-0.1, -0.05) is 80.4 Å². The number of benzene rings is 2. The van der Waals surface area contributed by atoms with Crippen LogP contribution in [0.3, 0.4) is 0 Å². The number of nitrogens with zero attached hydrogens (tertiary/aromatic N) is 2. The molecule has 0 atom stereocenters. The maximum absolute atomic E-state index is 12.3. The molecule has 1 aliphatic heterocycles. The molecule has 156 valence electrons. The van der Waals surface area contributed by atoms with Crippen molar-refractivity contribution in [1.82, 2.24) is 9.80 Å². The number of hydrogen-bond acceptors (Lipinski definition) is 3. The van der Waals surface area contributed by atoms with Gasteiger partial charge in [0, 0.05) is 39.1 Å². The van der Waals surface area contributed by atoms with E-state index in [2.05, 4.69) is 60.4 Å². The van der Waals surface area contributed by atoms with Gasteiger partial charge in [0.2, 0.25) is 5.91 Å². The summed E-state index contributed by atoms with van der Waals surface area (Å²) in [7, 11) is 0. The molecule has 0 aliphatic carbocycles. The smallest absolute Gasteiger partial charge is 0.222 e. The number of carbonyl (C=O) groups excluding carboxylic acids is 1. The molecule has 1 amide bonds. The summed E-state index contributed by atoms with van der Waals surface area (Å²) in [5.41, 5.74) is 2.36. The van der Waals surface area contributed by atoms with Crippen molar-refractivity contribution >= 4 is 5.91 Å². The number of amides is 1. The molecule has 0 radical (unpaired) electrons. The lowest BCUT2D eigenvalue weighted by atomic mass is 10.0. The standard InChI is InChI=1S/C25H34N2O2/c1-2-3-6-15-24(28)27-18-16-26(17-19-27)20-21-29-25(22-11-7-4-8-12-22)23-13-9-5-10-14-23/h4-5,7-14,25H,2-3,6,15-21H2,1H3. The van der Waals surface area contributed by atoms with Gasteiger partial charge in [0.15, 0.2) is 0 Å². The summed E-state index contributed by atoms with van der Waals surface area (Å²) in [6.45, 7) is 7.30. The summed E-state index contributed by atoms with van der Waals surface area (Å²) in [4.78, 5) is 16.7. The van der Waals surface area contributed by atoms with Crippen molar-refractivity contribution in [3.05, 3.63) is 71.8 Å². The van der Waals surface area contributed by atoms with Crippen LogP contribution in [0.1, 0.15) is 49.8 Å². The molecule has 3 rings (SSSR count).